The van der Waals surface area contributed by atoms with Crippen LogP contribution in [0.1, 0.15) is 54.9 Å². The molecule has 0 spiro atoms. The highest BCUT2D eigenvalue weighted by Gasteiger charge is 2.28. The SMILES string of the molecule is CC1CCCC(C)C1c1ccc(C=O)cc1. The third-order valence-corrected chi connectivity index (χ3v) is 4.00. The van der Waals surface area contributed by atoms with Gasteiger partial charge in [-0.1, -0.05) is 57.4 Å². The Bertz CT molecular complexity index is 342. The number of aldehydes is 1. The fourth-order valence-electron chi connectivity index (χ4n) is 3.14. The molecule has 0 amide bonds. The van der Waals surface area contributed by atoms with E-state index in [4.69, 9.17) is 0 Å². The molecule has 0 aliphatic heterocycles. The molecular weight excluding hydrogens is 196 g/mol. The summed E-state index contributed by atoms with van der Waals surface area (Å²) in [4.78, 5) is 10.6. The summed E-state index contributed by atoms with van der Waals surface area (Å²) in [6.07, 6.45) is 4.96. The zero-order chi connectivity index (χ0) is 11.5. The Hall–Kier alpha value is -1.11. The standard InChI is InChI=1S/C15H20O/c1-11-4-3-5-12(2)15(11)14-8-6-13(10-16)7-9-14/h6-12,15H,3-5H2,1-2H3. The molecule has 1 nitrogen and oxygen atoms in total. The molecule has 0 aromatic heterocycles. The Morgan fingerprint density at radius 1 is 1.06 bits per heavy atom. The quantitative estimate of drug-likeness (QED) is 0.682. The van der Waals surface area contributed by atoms with E-state index in [0.29, 0.717) is 5.92 Å². The third-order valence-electron chi connectivity index (χ3n) is 4.00. The second-order valence-electron chi connectivity index (χ2n) is 5.20. The van der Waals surface area contributed by atoms with Crippen LogP contribution in [0.2, 0.25) is 0 Å². The second-order valence-corrected chi connectivity index (χ2v) is 5.20. The summed E-state index contributed by atoms with van der Waals surface area (Å²) in [5.41, 5.74) is 2.19. The van der Waals surface area contributed by atoms with Crippen LogP contribution < -0.4 is 0 Å². The van der Waals surface area contributed by atoms with Crippen LogP contribution in [0.3, 0.4) is 0 Å². The van der Waals surface area contributed by atoms with Crippen LogP contribution in [0.4, 0.5) is 0 Å². The summed E-state index contributed by atoms with van der Waals surface area (Å²) < 4.78 is 0. The minimum absolute atomic E-state index is 0.675. The Morgan fingerprint density at radius 3 is 2.12 bits per heavy atom. The largest absolute Gasteiger partial charge is 0.298 e. The van der Waals surface area contributed by atoms with E-state index in [1.54, 1.807) is 0 Å². The van der Waals surface area contributed by atoms with Crippen LogP contribution in [0, 0.1) is 11.8 Å². The van der Waals surface area contributed by atoms with E-state index >= 15 is 0 Å². The fraction of sp³-hybridized carbons (Fsp3) is 0.533. The van der Waals surface area contributed by atoms with Gasteiger partial charge in [0, 0.05) is 5.56 Å². The zero-order valence-electron chi connectivity index (χ0n) is 10.1. The van der Waals surface area contributed by atoms with E-state index in [-0.39, 0.29) is 0 Å². The maximum Gasteiger partial charge on any atom is 0.150 e. The Labute approximate surface area is 97.9 Å². The molecular formula is C15H20O. The van der Waals surface area contributed by atoms with Crippen molar-refractivity contribution in [3.05, 3.63) is 35.4 Å². The summed E-state index contributed by atoms with van der Waals surface area (Å²) in [5, 5.41) is 0. The lowest BCUT2D eigenvalue weighted by Crippen LogP contribution is -2.22. The van der Waals surface area contributed by atoms with Crippen LogP contribution in [-0.2, 0) is 0 Å². The van der Waals surface area contributed by atoms with Crippen molar-refractivity contribution in [2.75, 3.05) is 0 Å². The lowest BCUT2D eigenvalue weighted by molar-refractivity contribution is 0.112. The van der Waals surface area contributed by atoms with E-state index in [1.807, 2.05) is 12.1 Å². The molecule has 1 aromatic rings. The summed E-state index contributed by atoms with van der Waals surface area (Å²) in [6, 6.07) is 8.15. The molecule has 0 radical (unpaired) electrons. The monoisotopic (exact) mass is 216 g/mol. The topological polar surface area (TPSA) is 17.1 Å². The molecule has 1 aromatic carbocycles. The molecule has 0 bridgehead atoms. The van der Waals surface area contributed by atoms with Gasteiger partial charge in [0.1, 0.15) is 6.29 Å². The predicted octanol–water partition coefficient (Wildman–Crippen LogP) is 4.04. The number of hydrogen-bond donors (Lipinski definition) is 0. The number of rotatable bonds is 2. The molecule has 2 atom stereocenters. The molecule has 0 saturated heterocycles. The van der Waals surface area contributed by atoms with E-state index in [0.717, 1.165) is 23.7 Å². The highest BCUT2D eigenvalue weighted by Crippen LogP contribution is 2.41. The average molecular weight is 216 g/mol. The number of carbonyl (C=O) groups is 1. The minimum Gasteiger partial charge on any atom is -0.298 e. The van der Waals surface area contributed by atoms with Crippen LogP contribution >= 0.6 is 0 Å². The summed E-state index contributed by atoms with van der Waals surface area (Å²) in [7, 11) is 0. The zero-order valence-corrected chi connectivity index (χ0v) is 10.1. The normalized spacial score (nSPS) is 30.0. The van der Waals surface area contributed by atoms with Gasteiger partial charge in [-0.3, -0.25) is 4.79 Å². The molecule has 1 aliphatic rings. The first-order valence-electron chi connectivity index (χ1n) is 6.27. The maximum absolute atomic E-state index is 10.6. The molecule has 2 unspecified atom stereocenters. The van der Waals surface area contributed by atoms with E-state index in [9.17, 15) is 4.79 Å². The Balaban J connectivity index is 2.23. The Morgan fingerprint density at radius 2 is 1.62 bits per heavy atom. The van der Waals surface area contributed by atoms with E-state index in [2.05, 4.69) is 26.0 Å². The molecule has 2 rings (SSSR count). The first-order valence-corrected chi connectivity index (χ1v) is 6.27. The highest BCUT2D eigenvalue weighted by molar-refractivity contribution is 5.74. The first kappa shape index (κ1) is 11.4. The van der Waals surface area contributed by atoms with Gasteiger partial charge in [-0.15, -0.1) is 0 Å². The summed E-state index contributed by atoms with van der Waals surface area (Å²) in [5.74, 6) is 2.21. The number of hydrogen-bond acceptors (Lipinski definition) is 1. The van der Waals surface area contributed by atoms with Crippen molar-refractivity contribution in [3.8, 4) is 0 Å². The molecule has 86 valence electrons. The lowest BCUT2D eigenvalue weighted by Gasteiger charge is -2.35. The van der Waals surface area contributed by atoms with Crippen LogP contribution in [0.25, 0.3) is 0 Å². The van der Waals surface area contributed by atoms with E-state index in [1.165, 1.54) is 24.8 Å². The van der Waals surface area contributed by atoms with Gasteiger partial charge in [0.05, 0.1) is 0 Å². The van der Waals surface area contributed by atoms with Crippen molar-refractivity contribution in [3.63, 3.8) is 0 Å². The minimum atomic E-state index is 0.675. The van der Waals surface area contributed by atoms with Gasteiger partial charge in [-0.05, 0) is 23.3 Å². The van der Waals surface area contributed by atoms with Crippen LogP contribution in [-0.4, -0.2) is 6.29 Å². The van der Waals surface area contributed by atoms with Crippen molar-refractivity contribution in [2.24, 2.45) is 11.8 Å². The number of carbonyl (C=O) groups excluding carboxylic acids is 1. The van der Waals surface area contributed by atoms with Gasteiger partial charge < -0.3 is 0 Å². The van der Waals surface area contributed by atoms with Crippen molar-refractivity contribution in [1.82, 2.24) is 0 Å². The van der Waals surface area contributed by atoms with Gasteiger partial charge in [0.15, 0.2) is 0 Å². The molecule has 0 N–H and O–H groups in total. The molecule has 1 saturated carbocycles. The lowest BCUT2D eigenvalue weighted by atomic mass is 9.70. The summed E-state index contributed by atoms with van der Waals surface area (Å²) in [6.45, 7) is 4.71. The second kappa shape index (κ2) is 4.82. The molecule has 1 fully saturated rings. The van der Waals surface area contributed by atoms with Gasteiger partial charge in [-0.2, -0.15) is 0 Å². The average Bonchev–Trinajstić information content (AvgIpc) is 2.30. The Kier molecular flexibility index (Phi) is 3.42. The van der Waals surface area contributed by atoms with Crippen LogP contribution in [0.5, 0.6) is 0 Å². The number of benzene rings is 1. The van der Waals surface area contributed by atoms with Crippen molar-refractivity contribution >= 4 is 6.29 Å². The smallest absolute Gasteiger partial charge is 0.150 e. The van der Waals surface area contributed by atoms with Gasteiger partial charge in [-0.25, -0.2) is 0 Å². The van der Waals surface area contributed by atoms with Gasteiger partial charge >= 0.3 is 0 Å². The van der Waals surface area contributed by atoms with Crippen molar-refractivity contribution in [2.45, 2.75) is 39.0 Å². The maximum atomic E-state index is 10.6. The van der Waals surface area contributed by atoms with Crippen molar-refractivity contribution in [1.29, 1.82) is 0 Å². The van der Waals surface area contributed by atoms with Crippen LogP contribution in [0.15, 0.2) is 24.3 Å². The van der Waals surface area contributed by atoms with E-state index < -0.39 is 0 Å². The van der Waals surface area contributed by atoms with Gasteiger partial charge in [0.25, 0.3) is 0 Å². The van der Waals surface area contributed by atoms with Crippen molar-refractivity contribution < 1.29 is 4.79 Å². The van der Waals surface area contributed by atoms with Gasteiger partial charge in [0.2, 0.25) is 0 Å². The molecule has 1 aliphatic carbocycles. The highest BCUT2D eigenvalue weighted by atomic mass is 16.1. The molecule has 1 heteroatoms. The fourth-order valence-corrected chi connectivity index (χ4v) is 3.14. The summed E-state index contributed by atoms with van der Waals surface area (Å²) >= 11 is 0. The molecule has 16 heavy (non-hydrogen) atoms. The predicted molar refractivity (Wildman–Crippen MR) is 66.7 cm³/mol. The first-order chi connectivity index (χ1) is 7.72. The third kappa shape index (κ3) is 2.18. The molecule has 0 heterocycles.